The summed E-state index contributed by atoms with van der Waals surface area (Å²) < 4.78 is 0. The zero-order chi connectivity index (χ0) is 15.4. The predicted molar refractivity (Wildman–Crippen MR) is 82.8 cm³/mol. The fourth-order valence-electron chi connectivity index (χ4n) is 1.57. The van der Waals surface area contributed by atoms with Crippen LogP contribution in [0.2, 0.25) is 15.1 Å². The zero-order valence-corrected chi connectivity index (χ0v) is 12.8. The summed E-state index contributed by atoms with van der Waals surface area (Å²) in [5, 5.41) is 0.886. The third-order valence-electron chi connectivity index (χ3n) is 2.58. The molecule has 0 aromatic heterocycles. The van der Waals surface area contributed by atoms with E-state index in [0.717, 1.165) is 0 Å². The molecule has 2 aromatic carbocycles. The largest absolute Gasteiger partial charge is 0.271 e. The van der Waals surface area contributed by atoms with Gasteiger partial charge in [0.15, 0.2) is 0 Å². The van der Waals surface area contributed by atoms with Crippen LogP contribution in [-0.2, 0) is 0 Å². The second kappa shape index (κ2) is 6.80. The number of rotatable bonds is 2. The summed E-state index contributed by atoms with van der Waals surface area (Å²) in [5.74, 6) is -1.09. The highest BCUT2D eigenvalue weighted by molar-refractivity contribution is 6.36. The van der Waals surface area contributed by atoms with Crippen molar-refractivity contribution in [2.45, 2.75) is 0 Å². The van der Waals surface area contributed by atoms with E-state index in [1.165, 1.54) is 18.2 Å². The Hall–Kier alpha value is -1.75. The van der Waals surface area contributed by atoms with Gasteiger partial charge in [0.25, 0.3) is 11.8 Å². The summed E-state index contributed by atoms with van der Waals surface area (Å²) in [6, 6.07) is 10.9. The summed E-state index contributed by atoms with van der Waals surface area (Å²) in [7, 11) is 0. The van der Waals surface area contributed by atoms with Gasteiger partial charge < -0.3 is 0 Å². The van der Waals surface area contributed by atoms with Crippen molar-refractivity contribution in [3.63, 3.8) is 0 Å². The Balaban J connectivity index is 2.04. The molecule has 2 N–H and O–H groups in total. The summed E-state index contributed by atoms with van der Waals surface area (Å²) in [5.41, 5.74) is 4.97. The van der Waals surface area contributed by atoms with Gasteiger partial charge >= 0.3 is 0 Å². The SMILES string of the molecule is O=C(NNC(=O)c1ccc(Cl)cc1Cl)c1ccccc1Cl. The van der Waals surface area contributed by atoms with Crippen LogP contribution in [0, 0.1) is 0 Å². The van der Waals surface area contributed by atoms with Gasteiger partial charge in [0, 0.05) is 5.02 Å². The van der Waals surface area contributed by atoms with Crippen LogP contribution in [0.4, 0.5) is 0 Å². The molecular weight excluding hydrogens is 335 g/mol. The fraction of sp³-hybridized carbons (Fsp3) is 0. The first-order valence-corrected chi connectivity index (χ1v) is 6.92. The number of hydrazine groups is 1. The molecule has 0 aliphatic rings. The van der Waals surface area contributed by atoms with E-state index in [4.69, 9.17) is 34.8 Å². The van der Waals surface area contributed by atoms with Crippen LogP contribution >= 0.6 is 34.8 Å². The Morgan fingerprint density at radius 2 is 1.33 bits per heavy atom. The van der Waals surface area contributed by atoms with E-state index < -0.39 is 11.8 Å². The van der Waals surface area contributed by atoms with E-state index >= 15 is 0 Å². The molecule has 0 fully saturated rings. The summed E-state index contributed by atoms with van der Waals surface area (Å²) in [4.78, 5) is 23.8. The van der Waals surface area contributed by atoms with Gasteiger partial charge in [0.1, 0.15) is 0 Å². The maximum atomic E-state index is 11.9. The van der Waals surface area contributed by atoms with Gasteiger partial charge in [-0.2, -0.15) is 0 Å². The third-order valence-corrected chi connectivity index (χ3v) is 3.46. The maximum absolute atomic E-state index is 11.9. The number of hydrogen-bond donors (Lipinski definition) is 2. The lowest BCUT2D eigenvalue weighted by atomic mass is 10.2. The molecule has 0 bridgehead atoms. The molecule has 2 aromatic rings. The normalized spacial score (nSPS) is 10.0. The van der Waals surface area contributed by atoms with Gasteiger partial charge in [-0.15, -0.1) is 0 Å². The van der Waals surface area contributed by atoms with Gasteiger partial charge in [-0.05, 0) is 30.3 Å². The van der Waals surface area contributed by atoms with Crippen molar-refractivity contribution in [1.82, 2.24) is 10.9 Å². The van der Waals surface area contributed by atoms with Crippen molar-refractivity contribution in [3.8, 4) is 0 Å². The highest BCUT2D eigenvalue weighted by Gasteiger charge is 2.13. The predicted octanol–water partition coefficient (Wildman–Crippen LogP) is 3.72. The van der Waals surface area contributed by atoms with Crippen LogP contribution in [0.15, 0.2) is 42.5 Å². The lowest BCUT2D eigenvalue weighted by molar-refractivity contribution is 0.0847. The van der Waals surface area contributed by atoms with Crippen LogP contribution < -0.4 is 10.9 Å². The Kier molecular flexibility index (Phi) is 5.07. The summed E-state index contributed by atoms with van der Waals surface area (Å²) >= 11 is 17.5. The number of carbonyl (C=O) groups is 2. The van der Waals surface area contributed by atoms with Gasteiger partial charge in [-0.25, -0.2) is 0 Å². The maximum Gasteiger partial charge on any atom is 0.271 e. The van der Waals surface area contributed by atoms with Crippen LogP contribution in [0.5, 0.6) is 0 Å². The van der Waals surface area contributed by atoms with Crippen molar-refractivity contribution >= 4 is 46.6 Å². The molecular formula is C14H9Cl3N2O2. The van der Waals surface area contributed by atoms with Gasteiger partial charge in [0.2, 0.25) is 0 Å². The number of hydrogen-bond acceptors (Lipinski definition) is 2. The van der Waals surface area contributed by atoms with E-state index in [1.54, 1.807) is 24.3 Å². The average molecular weight is 344 g/mol. The number of halogens is 3. The van der Waals surface area contributed by atoms with E-state index in [1.807, 2.05) is 0 Å². The summed E-state index contributed by atoms with van der Waals surface area (Å²) in [6.45, 7) is 0. The Morgan fingerprint density at radius 1 is 0.762 bits per heavy atom. The summed E-state index contributed by atoms with van der Waals surface area (Å²) in [6.07, 6.45) is 0. The quantitative estimate of drug-likeness (QED) is 0.817. The van der Waals surface area contributed by atoms with E-state index in [9.17, 15) is 9.59 Å². The minimum Gasteiger partial charge on any atom is -0.267 e. The molecule has 108 valence electrons. The molecule has 2 amide bonds. The fourth-order valence-corrected chi connectivity index (χ4v) is 2.28. The molecule has 7 heteroatoms. The average Bonchev–Trinajstić information content (AvgIpc) is 2.45. The molecule has 0 saturated carbocycles. The van der Waals surface area contributed by atoms with E-state index in [-0.39, 0.29) is 21.2 Å². The molecule has 0 aliphatic heterocycles. The number of amides is 2. The van der Waals surface area contributed by atoms with Crippen molar-refractivity contribution in [3.05, 3.63) is 68.7 Å². The van der Waals surface area contributed by atoms with Crippen molar-refractivity contribution in [2.75, 3.05) is 0 Å². The first kappa shape index (κ1) is 15.6. The van der Waals surface area contributed by atoms with Crippen LogP contribution in [0.3, 0.4) is 0 Å². The lowest BCUT2D eigenvalue weighted by Gasteiger charge is -2.09. The van der Waals surface area contributed by atoms with Gasteiger partial charge in [-0.1, -0.05) is 46.9 Å². The third kappa shape index (κ3) is 3.88. The molecule has 0 atom stereocenters. The van der Waals surface area contributed by atoms with Crippen molar-refractivity contribution in [1.29, 1.82) is 0 Å². The van der Waals surface area contributed by atoms with Gasteiger partial charge in [-0.3, -0.25) is 20.4 Å². The molecule has 0 spiro atoms. The van der Waals surface area contributed by atoms with E-state index in [2.05, 4.69) is 10.9 Å². The van der Waals surface area contributed by atoms with Crippen molar-refractivity contribution in [2.24, 2.45) is 0 Å². The topological polar surface area (TPSA) is 58.2 Å². The molecule has 2 rings (SSSR count). The Morgan fingerprint density at radius 3 is 1.90 bits per heavy atom. The smallest absolute Gasteiger partial charge is 0.267 e. The molecule has 0 heterocycles. The molecule has 0 aliphatic carbocycles. The zero-order valence-electron chi connectivity index (χ0n) is 10.5. The van der Waals surface area contributed by atoms with Crippen LogP contribution in [0.1, 0.15) is 20.7 Å². The Bertz CT molecular complexity index is 704. The second-order valence-electron chi connectivity index (χ2n) is 4.01. The van der Waals surface area contributed by atoms with Crippen LogP contribution in [-0.4, -0.2) is 11.8 Å². The minimum absolute atomic E-state index is 0.187. The Labute approximate surface area is 136 Å². The lowest BCUT2D eigenvalue weighted by Crippen LogP contribution is -2.41. The number of carbonyl (C=O) groups excluding carboxylic acids is 2. The standard InChI is InChI=1S/C14H9Cl3N2O2/c15-8-5-6-10(12(17)7-8)14(21)19-18-13(20)9-3-1-2-4-11(9)16/h1-7H,(H,18,20)(H,19,21). The first-order valence-electron chi connectivity index (χ1n) is 5.79. The molecule has 0 saturated heterocycles. The molecule has 0 unspecified atom stereocenters. The number of benzene rings is 2. The van der Waals surface area contributed by atoms with Gasteiger partial charge in [0.05, 0.1) is 21.2 Å². The highest BCUT2D eigenvalue weighted by atomic mass is 35.5. The molecule has 21 heavy (non-hydrogen) atoms. The first-order chi connectivity index (χ1) is 9.99. The van der Waals surface area contributed by atoms with E-state index in [0.29, 0.717) is 5.02 Å². The molecule has 4 nitrogen and oxygen atoms in total. The minimum atomic E-state index is -0.558. The number of nitrogens with one attached hydrogen (secondary N) is 2. The van der Waals surface area contributed by atoms with Crippen molar-refractivity contribution < 1.29 is 9.59 Å². The molecule has 0 radical (unpaired) electrons. The van der Waals surface area contributed by atoms with Crippen LogP contribution in [0.25, 0.3) is 0 Å². The second-order valence-corrected chi connectivity index (χ2v) is 5.26. The highest BCUT2D eigenvalue weighted by Crippen LogP contribution is 2.20. The monoisotopic (exact) mass is 342 g/mol.